The first-order chi connectivity index (χ1) is 15.1. The van der Waals surface area contributed by atoms with E-state index in [9.17, 15) is 0 Å². The summed E-state index contributed by atoms with van der Waals surface area (Å²) in [6.45, 7) is 2.56. The van der Waals surface area contributed by atoms with Gasteiger partial charge < -0.3 is 10.1 Å². The van der Waals surface area contributed by atoms with Gasteiger partial charge in [-0.3, -0.25) is 4.57 Å². The van der Waals surface area contributed by atoms with Gasteiger partial charge in [-0.25, -0.2) is 9.97 Å². The fourth-order valence-corrected chi connectivity index (χ4v) is 6.17. The number of aryl methyl sites for hydroxylation is 1. The number of aromatic nitrogens is 4. The molecule has 6 nitrogen and oxygen atoms in total. The van der Waals surface area contributed by atoms with E-state index in [0.29, 0.717) is 29.2 Å². The number of methoxy groups -OCH3 is 1. The highest BCUT2D eigenvalue weighted by atomic mass is 35.5. The molecule has 31 heavy (non-hydrogen) atoms. The van der Waals surface area contributed by atoms with Crippen LogP contribution >= 0.6 is 22.9 Å². The van der Waals surface area contributed by atoms with E-state index in [1.807, 2.05) is 35.9 Å². The van der Waals surface area contributed by atoms with E-state index in [4.69, 9.17) is 26.3 Å². The fourth-order valence-electron chi connectivity index (χ4n) is 4.54. The SMILES string of the molecule is COc1ccc(CNc2nc(-n3ccnc3C)nc3sc4c(c23)C2=CCCC24)cc1Cl. The van der Waals surface area contributed by atoms with Gasteiger partial charge >= 0.3 is 0 Å². The third-order valence-corrected chi connectivity index (χ3v) is 7.58. The van der Waals surface area contributed by atoms with Crippen molar-refractivity contribution in [3.8, 4) is 11.7 Å². The molecule has 4 aromatic rings. The zero-order chi connectivity index (χ0) is 21.1. The summed E-state index contributed by atoms with van der Waals surface area (Å²) in [4.78, 5) is 16.6. The Morgan fingerprint density at radius 1 is 1.32 bits per heavy atom. The average Bonchev–Trinajstić information content (AvgIpc) is 3.45. The van der Waals surface area contributed by atoms with Crippen molar-refractivity contribution in [2.24, 2.45) is 0 Å². The Morgan fingerprint density at radius 2 is 2.23 bits per heavy atom. The first-order valence-corrected chi connectivity index (χ1v) is 11.4. The van der Waals surface area contributed by atoms with Gasteiger partial charge in [0.2, 0.25) is 5.95 Å². The molecule has 0 radical (unpaired) electrons. The van der Waals surface area contributed by atoms with Gasteiger partial charge in [0.1, 0.15) is 22.2 Å². The van der Waals surface area contributed by atoms with Crippen LogP contribution in [0.5, 0.6) is 5.75 Å². The third kappa shape index (κ3) is 2.87. The Labute approximate surface area is 188 Å². The number of halogens is 1. The second-order valence-corrected chi connectivity index (χ2v) is 9.29. The molecule has 2 aliphatic carbocycles. The number of hydrogen-bond acceptors (Lipinski definition) is 6. The van der Waals surface area contributed by atoms with Crippen molar-refractivity contribution in [2.45, 2.75) is 32.2 Å². The maximum Gasteiger partial charge on any atom is 0.238 e. The average molecular weight is 450 g/mol. The monoisotopic (exact) mass is 449 g/mol. The molecule has 156 valence electrons. The highest BCUT2D eigenvalue weighted by Gasteiger charge is 2.39. The van der Waals surface area contributed by atoms with E-state index in [1.165, 1.54) is 22.4 Å². The minimum Gasteiger partial charge on any atom is -0.495 e. The highest BCUT2D eigenvalue weighted by Crippen LogP contribution is 2.59. The van der Waals surface area contributed by atoms with Gasteiger partial charge in [0, 0.05) is 35.3 Å². The molecule has 1 unspecified atom stereocenters. The van der Waals surface area contributed by atoms with Gasteiger partial charge in [-0.05, 0) is 43.0 Å². The normalized spacial score (nSPS) is 16.6. The van der Waals surface area contributed by atoms with Crippen molar-refractivity contribution in [1.29, 1.82) is 0 Å². The van der Waals surface area contributed by atoms with Crippen molar-refractivity contribution >= 4 is 44.5 Å². The predicted octanol–water partition coefficient (Wildman–Crippen LogP) is 5.73. The molecular weight excluding hydrogens is 430 g/mol. The molecule has 1 atom stereocenters. The lowest BCUT2D eigenvalue weighted by atomic mass is 9.80. The molecule has 0 aliphatic heterocycles. The van der Waals surface area contributed by atoms with Gasteiger partial charge in [-0.2, -0.15) is 4.98 Å². The lowest BCUT2D eigenvalue weighted by Gasteiger charge is -2.26. The van der Waals surface area contributed by atoms with Crippen molar-refractivity contribution in [1.82, 2.24) is 19.5 Å². The third-order valence-electron chi connectivity index (χ3n) is 6.08. The van der Waals surface area contributed by atoms with Crippen molar-refractivity contribution in [2.75, 3.05) is 12.4 Å². The summed E-state index contributed by atoms with van der Waals surface area (Å²) in [6.07, 6.45) is 8.41. The smallest absolute Gasteiger partial charge is 0.238 e. The van der Waals surface area contributed by atoms with E-state index in [2.05, 4.69) is 16.4 Å². The minimum absolute atomic E-state index is 0.584. The molecule has 0 fully saturated rings. The van der Waals surface area contributed by atoms with Crippen LogP contribution in [-0.4, -0.2) is 26.6 Å². The van der Waals surface area contributed by atoms with E-state index >= 15 is 0 Å². The van der Waals surface area contributed by atoms with Crippen LogP contribution in [0.4, 0.5) is 5.82 Å². The Hall–Kier alpha value is -2.90. The molecule has 0 saturated heterocycles. The van der Waals surface area contributed by atoms with Gasteiger partial charge in [0.25, 0.3) is 0 Å². The summed E-state index contributed by atoms with van der Waals surface area (Å²) in [6, 6.07) is 5.83. The number of nitrogens with one attached hydrogen (secondary N) is 1. The molecule has 0 bridgehead atoms. The Morgan fingerprint density at radius 3 is 3.00 bits per heavy atom. The first kappa shape index (κ1) is 18.8. The summed E-state index contributed by atoms with van der Waals surface area (Å²) in [5, 5.41) is 5.28. The molecule has 1 aromatic carbocycles. The number of rotatable bonds is 5. The number of benzene rings is 1. The zero-order valence-corrected chi connectivity index (χ0v) is 18.7. The van der Waals surface area contributed by atoms with E-state index in [1.54, 1.807) is 24.6 Å². The number of nitrogens with zero attached hydrogens (tertiary/aromatic N) is 4. The van der Waals surface area contributed by atoms with Crippen LogP contribution in [-0.2, 0) is 6.54 Å². The number of allylic oxidation sites excluding steroid dienone is 2. The van der Waals surface area contributed by atoms with Crippen LogP contribution in [0, 0.1) is 6.92 Å². The number of hydrogen-bond donors (Lipinski definition) is 1. The van der Waals surface area contributed by atoms with Gasteiger partial charge in [-0.1, -0.05) is 23.7 Å². The Balaban J connectivity index is 1.44. The van der Waals surface area contributed by atoms with E-state index in [-0.39, 0.29) is 0 Å². The lowest BCUT2D eigenvalue weighted by Crippen LogP contribution is -2.11. The van der Waals surface area contributed by atoms with Crippen molar-refractivity contribution in [3.63, 3.8) is 0 Å². The standard InChI is InChI=1S/C23H20ClN5OS/c1-12-25-8-9-29(12)23-27-21(26-11-13-6-7-17(30-2)16(24)10-13)19-18-14-4-3-5-15(14)20(18)31-22(19)28-23/h4,6-10,15H,3,5,11H2,1-2H3,(H,26,27,28). The molecule has 0 amide bonds. The number of ether oxygens (including phenoxy) is 1. The molecule has 1 N–H and O–H groups in total. The summed E-state index contributed by atoms with van der Waals surface area (Å²) >= 11 is 8.12. The van der Waals surface area contributed by atoms with Crippen LogP contribution in [0.2, 0.25) is 5.02 Å². The number of anilines is 1. The Bertz CT molecular complexity index is 1370. The molecule has 6 rings (SSSR count). The van der Waals surface area contributed by atoms with Crippen LogP contribution in [0.3, 0.4) is 0 Å². The number of thiophene rings is 1. The lowest BCUT2D eigenvalue weighted by molar-refractivity contribution is 0.415. The molecule has 8 heteroatoms. The molecular formula is C23H20ClN5OS. The molecule has 0 spiro atoms. The minimum atomic E-state index is 0.584. The molecule has 2 aliphatic rings. The van der Waals surface area contributed by atoms with Crippen LogP contribution in [0.25, 0.3) is 21.7 Å². The first-order valence-electron chi connectivity index (χ1n) is 10.3. The quantitative estimate of drug-likeness (QED) is 0.421. The number of fused-ring (bicyclic) bond motifs is 6. The predicted molar refractivity (Wildman–Crippen MR) is 125 cm³/mol. The van der Waals surface area contributed by atoms with E-state index in [0.717, 1.165) is 33.8 Å². The molecule has 3 aromatic heterocycles. The van der Waals surface area contributed by atoms with Crippen LogP contribution in [0.15, 0.2) is 36.7 Å². The second-order valence-electron chi connectivity index (χ2n) is 7.85. The maximum atomic E-state index is 6.32. The summed E-state index contributed by atoms with van der Waals surface area (Å²) in [5.41, 5.74) is 3.86. The fraction of sp³-hybridized carbons (Fsp3) is 0.261. The van der Waals surface area contributed by atoms with Crippen LogP contribution < -0.4 is 10.1 Å². The highest BCUT2D eigenvalue weighted by molar-refractivity contribution is 7.19. The van der Waals surface area contributed by atoms with E-state index < -0.39 is 0 Å². The Kier molecular flexibility index (Phi) is 4.30. The van der Waals surface area contributed by atoms with Gasteiger partial charge in [0.05, 0.1) is 17.5 Å². The zero-order valence-electron chi connectivity index (χ0n) is 17.1. The van der Waals surface area contributed by atoms with Gasteiger partial charge in [-0.15, -0.1) is 11.3 Å². The summed E-state index contributed by atoms with van der Waals surface area (Å²) < 4.78 is 7.19. The molecule has 0 saturated carbocycles. The van der Waals surface area contributed by atoms with Crippen LogP contribution in [0.1, 0.15) is 40.6 Å². The molecule has 3 heterocycles. The summed E-state index contributed by atoms with van der Waals surface area (Å²) in [7, 11) is 1.62. The summed E-state index contributed by atoms with van der Waals surface area (Å²) in [5.74, 6) is 3.60. The second kappa shape index (κ2) is 7.07. The van der Waals surface area contributed by atoms with Gasteiger partial charge in [0.15, 0.2) is 0 Å². The topological polar surface area (TPSA) is 64.9 Å². The van der Waals surface area contributed by atoms with Crippen molar-refractivity contribution < 1.29 is 4.74 Å². The number of imidazole rings is 1. The van der Waals surface area contributed by atoms with Crippen molar-refractivity contribution in [3.05, 3.63) is 63.5 Å². The largest absolute Gasteiger partial charge is 0.495 e. The maximum absolute atomic E-state index is 6.32.